The van der Waals surface area contributed by atoms with Gasteiger partial charge in [-0.05, 0) is 69.4 Å². The Morgan fingerprint density at radius 3 is 1.73 bits per heavy atom. The zero-order valence-corrected chi connectivity index (χ0v) is 14.9. The molecule has 26 heavy (non-hydrogen) atoms. The number of methoxy groups -OCH3 is 2. The number of fused-ring (bicyclic) bond motifs is 1. The lowest BCUT2D eigenvalue weighted by Crippen LogP contribution is -1.87. The van der Waals surface area contributed by atoms with Crippen molar-refractivity contribution in [1.82, 2.24) is 0 Å². The van der Waals surface area contributed by atoms with E-state index in [0.29, 0.717) is 0 Å². The minimum Gasteiger partial charge on any atom is -0.497 e. The van der Waals surface area contributed by atoms with E-state index in [4.69, 9.17) is 9.47 Å². The molecule has 0 saturated heterocycles. The molecule has 4 rings (SSSR count). The Bertz CT molecular complexity index is 1030. The van der Waals surface area contributed by atoms with Crippen molar-refractivity contribution >= 4 is 10.8 Å². The van der Waals surface area contributed by atoms with Crippen molar-refractivity contribution in [2.75, 3.05) is 14.2 Å². The van der Waals surface area contributed by atoms with Gasteiger partial charge in [0.25, 0.3) is 0 Å². The Morgan fingerprint density at radius 2 is 1.12 bits per heavy atom. The van der Waals surface area contributed by atoms with Crippen molar-refractivity contribution in [3.63, 3.8) is 0 Å². The van der Waals surface area contributed by atoms with Crippen molar-refractivity contribution in [3.8, 4) is 33.8 Å². The third kappa shape index (κ3) is 3.02. The van der Waals surface area contributed by atoms with Crippen molar-refractivity contribution in [3.05, 3.63) is 84.9 Å². The molecule has 0 atom stereocenters. The van der Waals surface area contributed by atoms with Gasteiger partial charge in [-0.2, -0.15) is 0 Å². The molecule has 0 saturated carbocycles. The third-order valence-electron chi connectivity index (χ3n) is 4.69. The van der Waals surface area contributed by atoms with E-state index in [1.54, 1.807) is 14.2 Å². The highest BCUT2D eigenvalue weighted by atomic mass is 16.5. The van der Waals surface area contributed by atoms with Crippen LogP contribution in [0.5, 0.6) is 11.5 Å². The van der Waals surface area contributed by atoms with E-state index in [1.807, 2.05) is 24.3 Å². The predicted molar refractivity (Wildman–Crippen MR) is 108 cm³/mol. The van der Waals surface area contributed by atoms with E-state index < -0.39 is 0 Å². The molecule has 128 valence electrons. The van der Waals surface area contributed by atoms with Crippen LogP contribution in [0.25, 0.3) is 33.0 Å². The van der Waals surface area contributed by atoms with E-state index in [-0.39, 0.29) is 0 Å². The molecule has 0 heterocycles. The summed E-state index contributed by atoms with van der Waals surface area (Å²) in [5, 5.41) is 2.47. The van der Waals surface area contributed by atoms with Gasteiger partial charge in [0.2, 0.25) is 0 Å². The first-order valence-electron chi connectivity index (χ1n) is 8.60. The molecule has 0 radical (unpaired) electrons. The van der Waals surface area contributed by atoms with E-state index in [9.17, 15) is 0 Å². The van der Waals surface area contributed by atoms with Crippen LogP contribution in [-0.2, 0) is 0 Å². The highest BCUT2D eigenvalue weighted by Gasteiger charge is 2.08. The fourth-order valence-corrected chi connectivity index (χ4v) is 3.27. The van der Waals surface area contributed by atoms with Crippen LogP contribution in [0.15, 0.2) is 84.9 Å². The maximum Gasteiger partial charge on any atom is 0.118 e. The monoisotopic (exact) mass is 340 g/mol. The van der Waals surface area contributed by atoms with E-state index >= 15 is 0 Å². The quantitative estimate of drug-likeness (QED) is 0.441. The summed E-state index contributed by atoms with van der Waals surface area (Å²) >= 11 is 0. The first-order chi connectivity index (χ1) is 12.8. The summed E-state index contributed by atoms with van der Waals surface area (Å²) < 4.78 is 10.6. The van der Waals surface area contributed by atoms with Gasteiger partial charge in [-0.3, -0.25) is 0 Å². The van der Waals surface area contributed by atoms with Crippen LogP contribution in [0.4, 0.5) is 0 Å². The molecule has 0 aliphatic carbocycles. The van der Waals surface area contributed by atoms with Gasteiger partial charge in [-0.25, -0.2) is 0 Å². The van der Waals surface area contributed by atoms with Gasteiger partial charge in [0.05, 0.1) is 14.2 Å². The summed E-state index contributed by atoms with van der Waals surface area (Å²) in [6.45, 7) is 0. The number of hydrogen-bond donors (Lipinski definition) is 0. The van der Waals surface area contributed by atoms with Gasteiger partial charge in [0.1, 0.15) is 11.5 Å². The molecular formula is C24H20O2. The van der Waals surface area contributed by atoms with Crippen LogP contribution < -0.4 is 9.47 Å². The molecule has 0 aromatic heterocycles. The lowest BCUT2D eigenvalue weighted by Gasteiger charge is -2.12. The molecule has 0 spiro atoms. The van der Waals surface area contributed by atoms with Crippen molar-refractivity contribution in [1.29, 1.82) is 0 Å². The summed E-state index contributed by atoms with van der Waals surface area (Å²) in [6.07, 6.45) is 0. The average Bonchev–Trinajstić information content (AvgIpc) is 2.73. The van der Waals surface area contributed by atoms with Crippen LogP contribution in [0.2, 0.25) is 0 Å². The molecule has 2 nitrogen and oxygen atoms in total. The average molecular weight is 340 g/mol. The van der Waals surface area contributed by atoms with Crippen LogP contribution in [0.3, 0.4) is 0 Å². The maximum absolute atomic E-state index is 5.30. The first kappa shape index (κ1) is 16.2. The SMILES string of the molecule is COc1ccc(-c2cc(-c3ccc(OC)cc3)c3ccccc3c2)cc1. The predicted octanol–water partition coefficient (Wildman–Crippen LogP) is 6.19. The van der Waals surface area contributed by atoms with E-state index in [2.05, 4.69) is 60.7 Å². The Kier molecular flexibility index (Phi) is 4.32. The van der Waals surface area contributed by atoms with Crippen molar-refractivity contribution < 1.29 is 9.47 Å². The van der Waals surface area contributed by atoms with E-state index in [0.717, 1.165) is 11.5 Å². The second kappa shape index (κ2) is 6.93. The maximum atomic E-state index is 5.30. The molecule has 0 N–H and O–H groups in total. The van der Waals surface area contributed by atoms with Gasteiger partial charge in [-0.15, -0.1) is 0 Å². The molecule has 0 fully saturated rings. The van der Waals surface area contributed by atoms with Gasteiger partial charge in [0.15, 0.2) is 0 Å². The summed E-state index contributed by atoms with van der Waals surface area (Å²) in [4.78, 5) is 0. The summed E-state index contributed by atoms with van der Waals surface area (Å²) in [5.74, 6) is 1.73. The van der Waals surface area contributed by atoms with Gasteiger partial charge >= 0.3 is 0 Å². The first-order valence-corrected chi connectivity index (χ1v) is 8.60. The standard InChI is InChI=1S/C24H20O2/c1-25-21-11-7-17(8-12-21)20-15-19-5-3-4-6-23(19)24(16-20)18-9-13-22(26-2)14-10-18/h3-16H,1-2H3. The zero-order valence-electron chi connectivity index (χ0n) is 14.9. The second-order valence-corrected chi connectivity index (χ2v) is 6.20. The lowest BCUT2D eigenvalue weighted by atomic mass is 9.93. The van der Waals surface area contributed by atoms with Crippen LogP contribution >= 0.6 is 0 Å². The molecule has 2 heteroatoms. The van der Waals surface area contributed by atoms with Crippen LogP contribution in [0, 0.1) is 0 Å². The third-order valence-corrected chi connectivity index (χ3v) is 4.69. The Hall–Kier alpha value is -3.26. The second-order valence-electron chi connectivity index (χ2n) is 6.20. The van der Waals surface area contributed by atoms with Gasteiger partial charge in [0, 0.05) is 0 Å². The Balaban J connectivity index is 1.89. The minimum atomic E-state index is 0.865. The van der Waals surface area contributed by atoms with Crippen molar-refractivity contribution in [2.24, 2.45) is 0 Å². The van der Waals surface area contributed by atoms with E-state index in [1.165, 1.54) is 33.0 Å². The molecule has 0 bridgehead atoms. The normalized spacial score (nSPS) is 10.7. The zero-order chi connectivity index (χ0) is 17.9. The minimum absolute atomic E-state index is 0.865. The largest absolute Gasteiger partial charge is 0.497 e. The van der Waals surface area contributed by atoms with Gasteiger partial charge < -0.3 is 9.47 Å². The molecule has 0 aliphatic rings. The number of rotatable bonds is 4. The smallest absolute Gasteiger partial charge is 0.118 e. The Morgan fingerprint density at radius 1 is 0.538 bits per heavy atom. The molecule has 0 aliphatic heterocycles. The lowest BCUT2D eigenvalue weighted by molar-refractivity contribution is 0.415. The highest BCUT2D eigenvalue weighted by Crippen LogP contribution is 2.35. The van der Waals surface area contributed by atoms with Gasteiger partial charge in [-0.1, -0.05) is 48.5 Å². The topological polar surface area (TPSA) is 18.5 Å². The van der Waals surface area contributed by atoms with Crippen molar-refractivity contribution in [2.45, 2.75) is 0 Å². The molecule has 0 amide bonds. The molecule has 4 aromatic carbocycles. The molecule has 0 unspecified atom stereocenters. The number of ether oxygens (including phenoxy) is 2. The van der Waals surface area contributed by atoms with Crippen LogP contribution in [-0.4, -0.2) is 14.2 Å². The molecule has 4 aromatic rings. The highest BCUT2D eigenvalue weighted by molar-refractivity contribution is 6.00. The summed E-state index contributed by atoms with van der Waals surface area (Å²) in [6, 6.07) is 29.4. The summed E-state index contributed by atoms with van der Waals surface area (Å²) in [7, 11) is 3.38. The fraction of sp³-hybridized carbons (Fsp3) is 0.0833. The molecular weight excluding hydrogens is 320 g/mol. The fourth-order valence-electron chi connectivity index (χ4n) is 3.27. The number of benzene rings is 4. The Labute approximate surface area is 153 Å². The summed E-state index contributed by atoms with van der Waals surface area (Å²) in [5.41, 5.74) is 4.76. The van der Waals surface area contributed by atoms with Crippen LogP contribution in [0.1, 0.15) is 0 Å². The number of hydrogen-bond acceptors (Lipinski definition) is 2.